The summed E-state index contributed by atoms with van der Waals surface area (Å²) >= 11 is 6.04. The maximum Gasteiger partial charge on any atom is 0.337 e. The minimum absolute atomic E-state index is 0.103. The highest BCUT2D eigenvalue weighted by atomic mass is 35.5. The molecule has 0 saturated heterocycles. The fourth-order valence-electron chi connectivity index (χ4n) is 3.01. The molecule has 134 valence electrons. The van der Waals surface area contributed by atoms with Crippen molar-refractivity contribution >= 4 is 28.5 Å². The second-order valence-electron chi connectivity index (χ2n) is 6.08. The highest BCUT2D eigenvalue weighted by Gasteiger charge is 2.16. The highest BCUT2D eigenvalue weighted by Crippen LogP contribution is 2.15. The zero-order valence-corrected chi connectivity index (χ0v) is 14.9. The van der Waals surface area contributed by atoms with Crippen molar-refractivity contribution in [1.82, 2.24) is 14.1 Å². The lowest BCUT2D eigenvalue weighted by Crippen LogP contribution is -2.40. The third kappa shape index (κ3) is 3.11. The SMILES string of the molecule is Nc1ccc2c(=O)n(Cc3cccc(Cl)c3)c(=O)n(-c3ccccc3)c2n1. The van der Waals surface area contributed by atoms with Crippen LogP contribution in [-0.2, 0) is 6.54 Å². The second kappa shape index (κ2) is 6.74. The van der Waals surface area contributed by atoms with E-state index in [0.29, 0.717) is 16.1 Å². The summed E-state index contributed by atoms with van der Waals surface area (Å²) in [6, 6.07) is 19.2. The average molecular weight is 379 g/mol. The van der Waals surface area contributed by atoms with Gasteiger partial charge in [0.15, 0.2) is 5.65 Å². The largest absolute Gasteiger partial charge is 0.384 e. The van der Waals surface area contributed by atoms with Crippen molar-refractivity contribution in [3.05, 3.63) is 98.2 Å². The number of hydrogen-bond donors (Lipinski definition) is 1. The number of anilines is 1. The number of benzene rings is 2. The molecule has 2 N–H and O–H groups in total. The molecule has 2 aromatic carbocycles. The van der Waals surface area contributed by atoms with E-state index in [1.807, 2.05) is 24.3 Å². The van der Waals surface area contributed by atoms with Crippen molar-refractivity contribution in [1.29, 1.82) is 0 Å². The quantitative estimate of drug-likeness (QED) is 0.594. The summed E-state index contributed by atoms with van der Waals surface area (Å²) in [5.41, 5.74) is 6.48. The molecule has 0 saturated carbocycles. The summed E-state index contributed by atoms with van der Waals surface area (Å²) < 4.78 is 2.58. The first-order valence-electron chi connectivity index (χ1n) is 8.26. The molecule has 0 aliphatic carbocycles. The van der Waals surface area contributed by atoms with Gasteiger partial charge in [0.25, 0.3) is 5.56 Å². The van der Waals surface area contributed by atoms with Crippen molar-refractivity contribution in [2.75, 3.05) is 5.73 Å². The van der Waals surface area contributed by atoms with Crippen LogP contribution in [0.3, 0.4) is 0 Å². The van der Waals surface area contributed by atoms with Crippen LogP contribution in [0.4, 0.5) is 5.82 Å². The number of hydrogen-bond acceptors (Lipinski definition) is 4. The predicted molar refractivity (Wildman–Crippen MR) is 107 cm³/mol. The van der Waals surface area contributed by atoms with E-state index in [1.165, 1.54) is 9.13 Å². The normalized spacial score (nSPS) is 11.0. The van der Waals surface area contributed by atoms with Crippen molar-refractivity contribution in [3.8, 4) is 5.69 Å². The van der Waals surface area contributed by atoms with Crippen molar-refractivity contribution in [2.24, 2.45) is 0 Å². The Balaban J connectivity index is 2.05. The molecule has 2 heterocycles. The molecule has 4 aromatic rings. The van der Waals surface area contributed by atoms with Crippen LogP contribution < -0.4 is 17.0 Å². The first-order valence-corrected chi connectivity index (χ1v) is 8.64. The van der Waals surface area contributed by atoms with Gasteiger partial charge >= 0.3 is 5.69 Å². The summed E-state index contributed by atoms with van der Waals surface area (Å²) in [7, 11) is 0. The molecule has 0 radical (unpaired) electrons. The molecular weight excluding hydrogens is 364 g/mol. The molecule has 0 aliphatic rings. The number of para-hydroxylation sites is 1. The summed E-state index contributed by atoms with van der Waals surface area (Å²) in [5, 5.41) is 0.855. The van der Waals surface area contributed by atoms with E-state index < -0.39 is 11.2 Å². The molecule has 4 rings (SSSR count). The Morgan fingerprint density at radius 1 is 0.963 bits per heavy atom. The number of aromatic nitrogens is 3. The number of rotatable bonds is 3. The fraction of sp³-hybridized carbons (Fsp3) is 0.0500. The molecular formula is C20H15ClN4O2. The minimum Gasteiger partial charge on any atom is -0.384 e. The van der Waals surface area contributed by atoms with Crippen LogP contribution in [0.15, 0.2) is 76.3 Å². The number of nitrogen functional groups attached to an aromatic ring is 1. The zero-order valence-electron chi connectivity index (χ0n) is 14.2. The van der Waals surface area contributed by atoms with Gasteiger partial charge in [-0.3, -0.25) is 9.36 Å². The van der Waals surface area contributed by atoms with Crippen molar-refractivity contribution < 1.29 is 0 Å². The molecule has 0 atom stereocenters. The third-order valence-corrected chi connectivity index (χ3v) is 4.49. The monoisotopic (exact) mass is 378 g/mol. The van der Waals surface area contributed by atoms with E-state index in [-0.39, 0.29) is 18.0 Å². The van der Waals surface area contributed by atoms with Gasteiger partial charge in [0.05, 0.1) is 17.6 Å². The number of pyridine rings is 1. The van der Waals surface area contributed by atoms with Crippen LogP contribution in [0.2, 0.25) is 5.02 Å². The Morgan fingerprint density at radius 3 is 2.48 bits per heavy atom. The molecule has 0 spiro atoms. The Hall–Kier alpha value is -3.38. The molecule has 0 aliphatic heterocycles. The summed E-state index contributed by atoms with van der Waals surface area (Å²) in [6.45, 7) is 0.103. The van der Waals surface area contributed by atoms with Gasteiger partial charge in [-0.05, 0) is 42.0 Å². The molecule has 0 unspecified atom stereocenters. The van der Waals surface area contributed by atoms with Crippen LogP contribution in [-0.4, -0.2) is 14.1 Å². The number of nitrogens with two attached hydrogens (primary N) is 1. The highest BCUT2D eigenvalue weighted by molar-refractivity contribution is 6.30. The lowest BCUT2D eigenvalue weighted by Gasteiger charge is -2.14. The molecule has 2 aromatic heterocycles. The predicted octanol–water partition coefficient (Wildman–Crippen LogP) is 2.83. The van der Waals surface area contributed by atoms with Crippen LogP contribution in [0, 0.1) is 0 Å². The minimum atomic E-state index is -0.489. The zero-order chi connectivity index (χ0) is 19.0. The van der Waals surface area contributed by atoms with Gasteiger partial charge in [-0.1, -0.05) is 41.9 Å². The summed E-state index contributed by atoms with van der Waals surface area (Å²) in [6.07, 6.45) is 0. The van der Waals surface area contributed by atoms with E-state index in [9.17, 15) is 9.59 Å². The first-order chi connectivity index (χ1) is 13.0. The lowest BCUT2D eigenvalue weighted by atomic mass is 10.2. The van der Waals surface area contributed by atoms with Gasteiger partial charge in [0, 0.05) is 5.02 Å². The Morgan fingerprint density at radius 2 is 1.74 bits per heavy atom. The van der Waals surface area contributed by atoms with E-state index in [1.54, 1.807) is 42.5 Å². The Kier molecular flexibility index (Phi) is 4.25. The van der Waals surface area contributed by atoms with E-state index in [0.717, 1.165) is 5.56 Å². The number of halogens is 1. The average Bonchev–Trinajstić information content (AvgIpc) is 2.66. The van der Waals surface area contributed by atoms with Crippen LogP contribution >= 0.6 is 11.6 Å². The smallest absolute Gasteiger partial charge is 0.337 e. The number of fused-ring (bicyclic) bond motifs is 1. The number of nitrogens with zero attached hydrogens (tertiary/aromatic N) is 3. The van der Waals surface area contributed by atoms with Gasteiger partial charge in [0.1, 0.15) is 5.82 Å². The van der Waals surface area contributed by atoms with Crippen LogP contribution in [0.5, 0.6) is 0 Å². The molecule has 27 heavy (non-hydrogen) atoms. The van der Waals surface area contributed by atoms with Crippen molar-refractivity contribution in [2.45, 2.75) is 6.54 Å². The first kappa shape index (κ1) is 17.1. The van der Waals surface area contributed by atoms with E-state index in [2.05, 4.69) is 4.98 Å². The fourth-order valence-corrected chi connectivity index (χ4v) is 3.22. The van der Waals surface area contributed by atoms with Gasteiger partial charge in [-0.2, -0.15) is 0 Å². The van der Waals surface area contributed by atoms with Gasteiger partial charge in [0.2, 0.25) is 0 Å². The molecule has 0 bridgehead atoms. The Bertz CT molecular complexity index is 1260. The maximum absolute atomic E-state index is 13.2. The van der Waals surface area contributed by atoms with Gasteiger partial charge in [-0.15, -0.1) is 0 Å². The lowest BCUT2D eigenvalue weighted by molar-refractivity contribution is 0.683. The maximum atomic E-state index is 13.2. The van der Waals surface area contributed by atoms with E-state index >= 15 is 0 Å². The van der Waals surface area contributed by atoms with Gasteiger partial charge < -0.3 is 5.73 Å². The molecule has 0 fully saturated rings. The van der Waals surface area contributed by atoms with Gasteiger partial charge in [-0.25, -0.2) is 14.3 Å². The van der Waals surface area contributed by atoms with Crippen LogP contribution in [0.1, 0.15) is 5.56 Å². The molecule has 6 nitrogen and oxygen atoms in total. The standard InChI is InChI=1S/C20H15ClN4O2/c21-14-6-4-5-13(11-14)12-24-19(26)16-9-10-17(22)23-18(16)25(20(24)27)15-7-2-1-3-8-15/h1-11H,12H2,(H2,22,23). The molecule has 7 heteroatoms. The second-order valence-corrected chi connectivity index (χ2v) is 6.52. The van der Waals surface area contributed by atoms with Crippen molar-refractivity contribution in [3.63, 3.8) is 0 Å². The summed E-state index contributed by atoms with van der Waals surface area (Å²) in [5.74, 6) is 0.235. The molecule has 0 amide bonds. The third-order valence-electron chi connectivity index (χ3n) is 4.25. The van der Waals surface area contributed by atoms with E-state index in [4.69, 9.17) is 17.3 Å². The summed E-state index contributed by atoms with van der Waals surface area (Å²) in [4.78, 5) is 30.4. The Labute approximate surface area is 159 Å². The van der Waals surface area contributed by atoms with Crippen LogP contribution in [0.25, 0.3) is 16.7 Å². The topological polar surface area (TPSA) is 82.9 Å².